The maximum Gasteiger partial charge on any atom is 0.119 e. The van der Waals surface area contributed by atoms with Gasteiger partial charge in [0.15, 0.2) is 0 Å². The lowest BCUT2D eigenvalue weighted by Gasteiger charge is -2.17. The zero-order valence-electron chi connectivity index (χ0n) is 16.6. The first-order valence-corrected chi connectivity index (χ1v) is 9.19. The first-order valence-electron chi connectivity index (χ1n) is 9.19. The molecule has 0 saturated heterocycles. The highest BCUT2D eigenvalue weighted by atomic mass is 16.5. The molecule has 0 bridgehead atoms. The quantitative estimate of drug-likeness (QED) is 0.469. The van der Waals surface area contributed by atoms with E-state index in [1.54, 1.807) is 19.2 Å². The summed E-state index contributed by atoms with van der Waals surface area (Å²) in [6.45, 7) is 7.27. The predicted octanol–water partition coefficient (Wildman–Crippen LogP) is 5.10. The standard InChI is InChI=1S/C21H29N5O/c1-5-25(6-2)16-7-17-26(24-22-3)20-12-8-18(9-13-20)23-19-10-14-21(27-4)15-11-19/h7-15,17,23H,5-6,16H2,1-4H3/b17-7+,24-22?. The van der Waals surface area contributed by atoms with Crippen LogP contribution in [-0.2, 0) is 0 Å². The van der Waals surface area contributed by atoms with Crippen LogP contribution in [0, 0.1) is 0 Å². The first kappa shape index (κ1) is 20.5. The minimum atomic E-state index is 0.841. The molecule has 0 spiro atoms. The number of rotatable bonds is 10. The largest absolute Gasteiger partial charge is 0.497 e. The second kappa shape index (κ2) is 11.0. The van der Waals surface area contributed by atoms with E-state index in [1.165, 1.54) is 0 Å². The molecule has 27 heavy (non-hydrogen) atoms. The van der Waals surface area contributed by atoms with Crippen molar-refractivity contribution in [3.05, 3.63) is 60.8 Å². The van der Waals surface area contributed by atoms with Crippen molar-refractivity contribution in [2.75, 3.05) is 44.1 Å². The Kier molecular flexibility index (Phi) is 8.32. The summed E-state index contributed by atoms with van der Waals surface area (Å²) in [5.74, 6) is 0.841. The average Bonchev–Trinajstić information content (AvgIpc) is 2.72. The summed E-state index contributed by atoms with van der Waals surface area (Å²) in [5, 5.41) is 13.3. The molecule has 0 radical (unpaired) electrons. The van der Waals surface area contributed by atoms with Crippen LogP contribution in [-0.4, -0.2) is 38.7 Å². The Balaban J connectivity index is 2.04. The summed E-state index contributed by atoms with van der Waals surface area (Å²) < 4.78 is 5.18. The second-order valence-corrected chi connectivity index (χ2v) is 5.91. The molecule has 2 rings (SSSR count). The number of hydrogen-bond acceptors (Lipinski definition) is 5. The van der Waals surface area contributed by atoms with Gasteiger partial charge in [0.1, 0.15) is 5.75 Å². The van der Waals surface area contributed by atoms with Crippen molar-refractivity contribution >= 4 is 17.1 Å². The Morgan fingerprint density at radius 1 is 0.963 bits per heavy atom. The number of benzene rings is 2. The Bertz CT molecular complexity index is 721. The molecule has 6 nitrogen and oxygen atoms in total. The first-order chi connectivity index (χ1) is 13.2. The number of nitrogens with zero attached hydrogens (tertiary/aromatic N) is 4. The lowest BCUT2D eigenvalue weighted by molar-refractivity contribution is 0.337. The van der Waals surface area contributed by atoms with E-state index in [-0.39, 0.29) is 0 Å². The van der Waals surface area contributed by atoms with E-state index < -0.39 is 0 Å². The molecule has 144 valence electrons. The van der Waals surface area contributed by atoms with Crippen LogP contribution in [0.4, 0.5) is 17.1 Å². The predicted molar refractivity (Wildman–Crippen MR) is 113 cm³/mol. The van der Waals surface area contributed by atoms with Gasteiger partial charge in [-0.3, -0.25) is 0 Å². The maximum atomic E-state index is 5.18. The summed E-state index contributed by atoms with van der Waals surface area (Å²) in [5.41, 5.74) is 2.97. The van der Waals surface area contributed by atoms with Crippen molar-refractivity contribution in [3.63, 3.8) is 0 Å². The van der Waals surface area contributed by atoms with Gasteiger partial charge in [0, 0.05) is 24.1 Å². The van der Waals surface area contributed by atoms with Gasteiger partial charge in [-0.1, -0.05) is 25.1 Å². The Morgan fingerprint density at radius 3 is 2.07 bits per heavy atom. The Morgan fingerprint density at radius 2 is 1.56 bits per heavy atom. The van der Waals surface area contributed by atoms with Crippen molar-refractivity contribution in [1.29, 1.82) is 0 Å². The van der Waals surface area contributed by atoms with Crippen LogP contribution in [0.1, 0.15) is 13.8 Å². The molecule has 0 heterocycles. The minimum Gasteiger partial charge on any atom is -0.497 e. The molecular formula is C21H29N5O. The van der Waals surface area contributed by atoms with Crippen LogP contribution >= 0.6 is 0 Å². The highest BCUT2D eigenvalue weighted by Gasteiger charge is 2.03. The van der Waals surface area contributed by atoms with Gasteiger partial charge in [0.05, 0.1) is 19.8 Å². The summed E-state index contributed by atoms with van der Waals surface area (Å²) >= 11 is 0. The van der Waals surface area contributed by atoms with Crippen molar-refractivity contribution in [2.24, 2.45) is 10.3 Å². The fourth-order valence-corrected chi connectivity index (χ4v) is 2.58. The molecule has 6 heteroatoms. The molecule has 0 aromatic heterocycles. The van der Waals surface area contributed by atoms with E-state index in [0.29, 0.717) is 0 Å². The van der Waals surface area contributed by atoms with Gasteiger partial charge >= 0.3 is 0 Å². The van der Waals surface area contributed by atoms with Crippen LogP contribution in [0.2, 0.25) is 0 Å². The lowest BCUT2D eigenvalue weighted by Crippen LogP contribution is -2.23. The normalized spacial score (nSPS) is 11.4. The molecule has 0 fully saturated rings. The van der Waals surface area contributed by atoms with Gasteiger partial charge in [0.25, 0.3) is 0 Å². The fraction of sp³-hybridized carbons (Fsp3) is 0.333. The zero-order valence-corrected chi connectivity index (χ0v) is 16.6. The molecule has 1 N–H and O–H groups in total. The highest BCUT2D eigenvalue weighted by Crippen LogP contribution is 2.23. The van der Waals surface area contributed by atoms with E-state index in [2.05, 4.69) is 40.5 Å². The van der Waals surface area contributed by atoms with Crippen molar-refractivity contribution < 1.29 is 4.74 Å². The monoisotopic (exact) mass is 367 g/mol. The molecule has 0 unspecified atom stereocenters. The average molecular weight is 367 g/mol. The van der Waals surface area contributed by atoms with Crippen molar-refractivity contribution in [1.82, 2.24) is 4.90 Å². The van der Waals surface area contributed by atoms with Crippen LogP contribution in [0.3, 0.4) is 0 Å². The van der Waals surface area contributed by atoms with Crippen LogP contribution in [0.25, 0.3) is 0 Å². The number of likely N-dealkylation sites (N-methyl/N-ethyl adjacent to an activating group) is 1. The van der Waals surface area contributed by atoms with Gasteiger partial charge in [-0.05, 0) is 61.6 Å². The number of anilines is 3. The SMILES string of the molecule is CCN(CC)C/C=C/N(N=NC)c1ccc(Nc2ccc(OC)cc2)cc1. The van der Waals surface area contributed by atoms with E-state index in [1.807, 2.05) is 54.7 Å². The topological polar surface area (TPSA) is 52.5 Å². The van der Waals surface area contributed by atoms with Crippen molar-refractivity contribution in [3.8, 4) is 5.75 Å². The number of nitrogens with one attached hydrogen (secondary N) is 1. The number of ether oxygens (including phenoxy) is 1. The fourth-order valence-electron chi connectivity index (χ4n) is 2.58. The molecule has 0 aliphatic rings. The molecule has 0 saturated carbocycles. The van der Waals surface area contributed by atoms with Gasteiger partial charge in [-0.25, -0.2) is 5.01 Å². The van der Waals surface area contributed by atoms with E-state index in [9.17, 15) is 0 Å². The zero-order chi connectivity index (χ0) is 19.5. The van der Waals surface area contributed by atoms with Crippen LogP contribution in [0.5, 0.6) is 5.75 Å². The van der Waals surface area contributed by atoms with E-state index in [4.69, 9.17) is 4.74 Å². The van der Waals surface area contributed by atoms with Gasteiger partial charge < -0.3 is 15.0 Å². The molecule has 0 aliphatic carbocycles. The third-order valence-electron chi connectivity index (χ3n) is 4.20. The molecule has 0 atom stereocenters. The van der Waals surface area contributed by atoms with Crippen LogP contribution < -0.4 is 15.1 Å². The number of hydrogen-bond donors (Lipinski definition) is 1. The van der Waals surface area contributed by atoms with Gasteiger partial charge in [-0.2, -0.15) is 5.11 Å². The molecule has 2 aromatic carbocycles. The lowest BCUT2D eigenvalue weighted by atomic mass is 10.2. The maximum absolute atomic E-state index is 5.18. The third-order valence-corrected chi connectivity index (χ3v) is 4.20. The molecule has 0 amide bonds. The third kappa shape index (κ3) is 6.42. The smallest absolute Gasteiger partial charge is 0.119 e. The molecule has 0 aliphatic heterocycles. The summed E-state index contributed by atoms with van der Waals surface area (Å²) in [4.78, 5) is 2.33. The van der Waals surface area contributed by atoms with Gasteiger partial charge in [-0.15, -0.1) is 0 Å². The van der Waals surface area contributed by atoms with Crippen molar-refractivity contribution in [2.45, 2.75) is 13.8 Å². The number of methoxy groups -OCH3 is 1. The molecule has 2 aromatic rings. The van der Waals surface area contributed by atoms with Crippen LogP contribution in [0.15, 0.2) is 71.1 Å². The van der Waals surface area contributed by atoms with E-state index in [0.717, 1.165) is 42.4 Å². The molecular weight excluding hydrogens is 338 g/mol. The summed E-state index contributed by atoms with van der Waals surface area (Å²) in [6.07, 6.45) is 4.06. The Hall–Kier alpha value is -2.86. The minimum absolute atomic E-state index is 0.841. The summed E-state index contributed by atoms with van der Waals surface area (Å²) in [7, 11) is 3.34. The second-order valence-electron chi connectivity index (χ2n) is 5.91. The highest BCUT2D eigenvalue weighted by molar-refractivity contribution is 5.63. The summed E-state index contributed by atoms with van der Waals surface area (Å²) in [6, 6.07) is 15.9. The van der Waals surface area contributed by atoms with E-state index >= 15 is 0 Å². The Labute approximate surface area is 162 Å². The van der Waals surface area contributed by atoms with Gasteiger partial charge in [0.2, 0.25) is 0 Å².